The van der Waals surface area contributed by atoms with E-state index in [4.69, 9.17) is 4.74 Å². The summed E-state index contributed by atoms with van der Waals surface area (Å²) < 4.78 is 5.56. The lowest BCUT2D eigenvalue weighted by atomic mass is 9.74. The Hall–Kier alpha value is -0.570. The summed E-state index contributed by atoms with van der Waals surface area (Å²) in [5, 5.41) is 0. The zero-order chi connectivity index (χ0) is 11.6. The van der Waals surface area contributed by atoms with E-state index < -0.39 is 0 Å². The molecule has 1 amide bonds. The highest BCUT2D eigenvalue weighted by molar-refractivity contribution is 5.80. The fraction of sp³-hybridized carbons (Fsp3) is 0.923. The number of hydrogen-bond donors (Lipinski definition) is 0. The number of amides is 1. The van der Waals surface area contributed by atoms with Crippen molar-refractivity contribution in [1.29, 1.82) is 0 Å². The fourth-order valence-corrected chi connectivity index (χ4v) is 2.93. The van der Waals surface area contributed by atoms with Crippen molar-refractivity contribution < 1.29 is 9.53 Å². The molecular formula is C13H23NO2. The normalized spacial score (nSPS) is 23.6. The fourth-order valence-electron chi connectivity index (χ4n) is 2.93. The van der Waals surface area contributed by atoms with Gasteiger partial charge in [0.05, 0.1) is 18.8 Å². The summed E-state index contributed by atoms with van der Waals surface area (Å²) in [5.41, 5.74) is 0.0813. The number of morpholine rings is 1. The van der Waals surface area contributed by atoms with Gasteiger partial charge < -0.3 is 9.64 Å². The second-order valence-electron chi connectivity index (χ2n) is 5.13. The van der Waals surface area contributed by atoms with Crippen molar-refractivity contribution in [2.45, 2.75) is 51.5 Å². The first kappa shape index (κ1) is 11.9. The molecule has 0 aromatic carbocycles. The van der Waals surface area contributed by atoms with Crippen molar-refractivity contribution in [2.75, 3.05) is 19.8 Å². The molecule has 3 heteroatoms. The second-order valence-corrected chi connectivity index (χ2v) is 5.13. The molecule has 0 radical (unpaired) electrons. The van der Waals surface area contributed by atoms with Crippen molar-refractivity contribution in [3.05, 3.63) is 0 Å². The zero-order valence-electron chi connectivity index (χ0n) is 10.5. The van der Waals surface area contributed by atoms with Crippen LogP contribution < -0.4 is 0 Å². The Morgan fingerprint density at radius 3 is 2.56 bits per heavy atom. The zero-order valence-corrected chi connectivity index (χ0v) is 10.5. The minimum atomic E-state index is 0.0813. The Kier molecular flexibility index (Phi) is 3.53. The van der Waals surface area contributed by atoms with E-state index in [2.05, 4.69) is 18.7 Å². The molecule has 3 nitrogen and oxygen atoms in total. The number of hydrogen-bond acceptors (Lipinski definition) is 2. The molecule has 1 aliphatic carbocycles. The average Bonchev–Trinajstić information content (AvgIpc) is 2.28. The van der Waals surface area contributed by atoms with E-state index in [-0.39, 0.29) is 11.5 Å². The predicted octanol–water partition coefficient (Wildman–Crippen LogP) is 2.20. The Morgan fingerprint density at radius 1 is 1.38 bits per heavy atom. The van der Waals surface area contributed by atoms with Gasteiger partial charge in [-0.05, 0) is 32.1 Å². The van der Waals surface area contributed by atoms with Crippen molar-refractivity contribution >= 4 is 5.91 Å². The lowest BCUT2D eigenvalue weighted by Gasteiger charge is -2.53. The highest BCUT2D eigenvalue weighted by Gasteiger charge is 2.47. The summed E-state index contributed by atoms with van der Waals surface area (Å²) in [6.07, 6.45) is 5.44. The van der Waals surface area contributed by atoms with Crippen molar-refractivity contribution in [3.63, 3.8) is 0 Å². The molecule has 1 saturated heterocycles. The van der Waals surface area contributed by atoms with Gasteiger partial charge in [0.1, 0.15) is 0 Å². The Balaban J connectivity index is 2.08. The largest absolute Gasteiger partial charge is 0.377 e. The molecule has 0 atom stereocenters. The van der Waals surface area contributed by atoms with Crippen LogP contribution in [0.1, 0.15) is 46.0 Å². The maximum atomic E-state index is 12.4. The molecule has 0 aromatic heterocycles. The van der Waals surface area contributed by atoms with Crippen molar-refractivity contribution in [3.8, 4) is 0 Å². The molecule has 1 heterocycles. The van der Waals surface area contributed by atoms with E-state index in [9.17, 15) is 4.79 Å². The number of nitrogens with zero attached hydrogens (tertiary/aromatic N) is 1. The van der Waals surface area contributed by atoms with E-state index in [1.165, 1.54) is 6.42 Å². The monoisotopic (exact) mass is 225 g/mol. The van der Waals surface area contributed by atoms with Crippen LogP contribution in [0.25, 0.3) is 0 Å². The summed E-state index contributed by atoms with van der Waals surface area (Å²) in [7, 11) is 0. The van der Waals surface area contributed by atoms with Gasteiger partial charge in [-0.3, -0.25) is 4.79 Å². The molecule has 1 saturated carbocycles. The molecule has 1 aliphatic heterocycles. The van der Waals surface area contributed by atoms with Gasteiger partial charge >= 0.3 is 0 Å². The summed E-state index contributed by atoms with van der Waals surface area (Å²) >= 11 is 0. The molecule has 0 unspecified atom stereocenters. The number of carbonyl (C=O) groups is 1. The molecular weight excluding hydrogens is 202 g/mol. The molecule has 0 bridgehead atoms. The van der Waals surface area contributed by atoms with Crippen LogP contribution in [0.4, 0.5) is 0 Å². The molecule has 0 aromatic rings. The van der Waals surface area contributed by atoms with Gasteiger partial charge in [-0.15, -0.1) is 0 Å². The predicted molar refractivity (Wildman–Crippen MR) is 63.2 cm³/mol. The van der Waals surface area contributed by atoms with Gasteiger partial charge in [0.2, 0.25) is 5.91 Å². The first-order valence-corrected chi connectivity index (χ1v) is 6.62. The van der Waals surface area contributed by atoms with E-state index in [0.717, 1.165) is 38.8 Å². The lowest BCUT2D eigenvalue weighted by Crippen LogP contribution is -2.63. The SMILES string of the molecule is CCC(CC)C(=O)N1CCOCC12CCC2. The summed E-state index contributed by atoms with van der Waals surface area (Å²) in [5.74, 6) is 0.587. The van der Waals surface area contributed by atoms with E-state index in [0.29, 0.717) is 12.5 Å². The van der Waals surface area contributed by atoms with E-state index in [1.54, 1.807) is 0 Å². The van der Waals surface area contributed by atoms with Gasteiger partial charge in [-0.1, -0.05) is 13.8 Å². The van der Waals surface area contributed by atoms with Crippen LogP contribution >= 0.6 is 0 Å². The first-order valence-electron chi connectivity index (χ1n) is 6.62. The first-order chi connectivity index (χ1) is 7.73. The maximum absolute atomic E-state index is 12.4. The van der Waals surface area contributed by atoms with Crippen LogP contribution in [-0.4, -0.2) is 36.1 Å². The maximum Gasteiger partial charge on any atom is 0.226 e. The van der Waals surface area contributed by atoms with Crippen LogP contribution in [0.3, 0.4) is 0 Å². The third kappa shape index (κ3) is 1.86. The van der Waals surface area contributed by atoms with Crippen LogP contribution in [0.5, 0.6) is 0 Å². The third-order valence-corrected chi connectivity index (χ3v) is 4.29. The molecule has 2 fully saturated rings. The highest BCUT2D eigenvalue weighted by Crippen LogP contribution is 2.40. The lowest BCUT2D eigenvalue weighted by molar-refractivity contribution is -0.163. The summed E-state index contributed by atoms with van der Waals surface area (Å²) in [6, 6.07) is 0. The van der Waals surface area contributed by atoms with E-state index in [1.807, 2.05) is 0 Å². The third-order valence-electron chi connectivity index (χ3n) is 4.29. The van der Waals surface area contributed by atoms with Crippen LogP contribution in [0, 0.1) is 5.92 Å². The molecule has 16 heavy (non-hydrogen) atoms. The van der Waals surface area contributed by atoms with Crippen molar-refractivity contribution in [1.82, 2.24) is 4.90 Å². The van der Waals surface area contributed by atoms with Crippen LogP contribution in [-0.2, 0) is 9.53 Å². The quantitative estimate of drug-likeness (QED) is 0.737. The smallest absolute Gasteiger partial charge is 0.226 e. The molecule has 1 spiro atoms. The summed E-state index contributed by atoms with van der Waals surface area (Å²) in [6.45, 7) is 6.50. The molecule has 2 aliphatic rings. The van der Waals surface area contributed by atoms with E-state index >= 15 is 0 Å². The average molecular weight is 225 g/mol. The van der Waals surface area contributed by atoms with Crippen LogP contribution in [0.2, 0.25) is 0 Å². The summed E-state index contributed by atoms with van der Waals surface area (Å²) in [4.78, 5) is 14.6. The standard InChI is InChI=1S/C13H23NO2/c1-3-11(4-2)12(15)14-8-9-16-10-13(14)6-5-7-13/h11H,3-10H2,1-2H3. The second kappa shape index (κ2) is 4.74. The Bertz CT molecular complexity index is 257. The van der Waals surface area contributed by atoms with Gasteiger partial charge in [0.15, 0.2) is 0 Å². The van der Waals surface area contributed by atoms with Gasteiger partial charge in [-0.2, -0.15) is 0 Å². The van der Waals surface area contributed by atoms with Gasteiger partial charge in [0, 0.05) is 12.5 Å². The van der Waals surface area contributed by atoms with Crippen LogP contribution in [0.15, 0.2) is 0 Å². The topological polar surface area (TPSA) is 29.5 Å². The Labute approximate surface area is 98.1 Å². The minimum absolute atomic E-state index is 0.0813. The number of carbonyl (C=O) groups excluding carboxylic acids is 1. The molecule has 92 valence electrons. The number of ether oxygens (including phenoxy) is 1. The highest BCUT2D eigenvalue weighted by atomic mass is 16.5. The van der Waals surface area contributed by atoms with Crippen molar-refractivity contribution in [2.24, 2.45) is 5.92 Å². The van der Waals surface area contributed by atoms with Gasteiger partial charge in [0.25, 0.3) is 0 Å². The van der Waals surface area contributed by atoms with Gasteiger partial charge in [-0.25, -0.2) is 0 Å². The molecule has 0 N–H and O–H groups in total. The Morgan fingerprint density at radius 2 is 2.06 bits per heavy atom. The molecule has 2 rings (SSSR count). The number of rotatable bonds is 3. The minimum Gasteiger partial charge on any atom is -0.377 e.